The van der Waals surface area contributed by atoms with Crippen molar-refractivity contribution in [3.63, 3.8) is 0 Å². The number of pyridine rings is 1. The SMILES string of the molecule is COC(=O)c1ncc(C(O)C(O)CCCl)cc1C. The molecule has 0 aliphatic carbocycles. The number of aromatic nitrogens is 1. The number of carbonyl (C=O) groups excluding carboxylic acids is 1. The molecule has 2 N–H and O–H groups in total. The summed E-state index contributed by atoms with van der Waals surface area (Å²) in [4.78, 5) is 15.3. The minimum absolute atomic E-state index is 0.195. The third kappa shape index (κ3) is 3.41. The first kappa shape index (κ1) is 14.9. The van der Waals surface area contributed by atoms with Crippen molar-refractivity contribution in [2.45, 2.75) is 25.6 Å². The van der Waals surface area contributed by atoms with Crippen LogP contribution in [0.4, 0.5) is 0 Å². The lowest BCUT2D eigenvalue weighted by Crippen LogP contribution is -2.19. The Hall–Kier alpha value is -1.17. The van der Waals surface area contributed by atoms with E-state index in [0.717, 1.165) is 0 Å². The monoisotopic (exact) mass is 273 g/mol. The first-order chi connectivity index (χ1) is 8.51. The number of halogens is 1. The van der Waals surface area contributed by atoms with Crippen LogP contribution < -0.4 is 0 Å². The van der Waals surface area contributed by atoms with Gasteiger partial charge < -0.3 is 14.9 Å². The molecule has 1 heterocycles. The minimum atomic E-state index is -1.07. The average molecular weight is 274 g/mol. The number of methoxy groups -OCH3 is 1. The second kappa shape index (κ2) is 6.68. The van der Waals surface area contributed by atoms with Crippen molar-refractivity contribution in [1.29, 1.82) is 0 Å². The molecular weight excluding hydrogens is 258 g/mol. The van der Waals surface area contributed by atoms with E-state index < -0.39 is 18.2 Å². The molecule has 0 aromatic carbocycles. The third-order valence-electron chi connectivity index (χ3n) is 2.59. The predicted octanol–water partition coefficient (Wildman–Crippen LogP) is 1.20. The van der Waals surface area contributed by atoms with Gasteiger partial charge in [-0.25, -0.2) is 9.78 Å². The number of aryl methyl sites for hydroxylation is 1. The summed E-state index contributed by atoms with van der Waals surface area (Å²) in [5.41, 5.74) is 1.22. The number of hydrogen-bond acceptors (Lipinski definition) is 5. The third-order valence-corrected chi connectivity index (χ3v) is 2.81. The van der Waals surface area contributed by atoms with Gasteiger partial charge in [0.1, 0.15) is 6.10 Å². The van der Waals surface area contributed by atoms with Gasteiger partial charge in [0.2, 0.25) is 0 Å². The Bertz CT molecular complexity index is 425. The van der Waals surface area contributed by atoms with Gasteiger partial charge in [0.25, 0.3) is 0 Å². The summed E-state index contributed by atoms with van der Waals surface area (Å²) in [6.07, 6.45) is -0.392. The van der Waals surface area contributed by atoms with E-state index in [9.17, 15) is 15.0 Å². The molecule has 0 saturated carbocycles. The van der Waals surface area contributed by atoms with E-state index in [0.29, 0.717) is 11.1 Å². The van der Waals surface area contributed by atoms with Crippen molar-refractivity contribution in [3.8, 4) is 0 Å². The van der Waals surface area contributed by atoms with Crippen molar-refractivity contribution < 1.29 is 19.7 Å². The standard InChI is InChI=1S/C12H16ClNO4/c1-7-5-8(11(16)9(15)3-4-13)6-14-10(7)12(17)18-2/h5-6,9,11,15-16H,3-4H2,1-2H3. The van der Waals surface area contributed by atoms with Crippen LogP contribution in [0.1, 0.15) is 34.1 Å². The summed E-state index contributed by atoms with van der Waals surface area (Å²) in [5.74, 6) is -0.278. The molecule has 0 spiro atoms. The van der Waals surface area contributed by atoms with Crippen molar-refractivity contribution in [3.05, 3.63) is 29.1 Å². The first-order valence-corrected chi connectivity index (χ1v) is 6.01. The second-order valence-electron chi connectivity index (χ2n) is 3.92. The molecule has 100 valence electrons. The number of carbonyl (C=O) groups is 1. The molecule has 0 amide bonds. The van der Waals surface area contributed by atoms with Crippen LogP contribution in [-0.4, -0.2) is 40.3 Å². The van der Waals surface area contributed by atoms with Gasteiger partial charge in [-0.15, -0.1) is 11.6 Å². The number of esters is 1. The maximum atomic E-state index is 11.3. The highest BCUT2D eigenvalue weighted by molar-refractivity contribution is 6.17. The molecule has 0 aliphatic heterocycles. The molecule has 1 aromatic rings. The maximum Gasteiger partial charge on any atom is 0.356 e. The molecule has 0 aliphatic rings. The lowest BCUT2D eigenvalue weighted by molar-refractivity contribution is 0.0167. The lowest BCUT2D eigenvalue weighted by Gasteiger charge is -2.17. The topological polar surface area (TPSA) is 79.7 Å². The van der Waals surface area contributed by atoms with E-state index >= 15 is 0 Å². The molecule has 1 rings (SSSR count). The Morgan fingerprint density at radius 1 is 1.56 bits per heavy atom. The van der Waals surface area contributed by atoms with E-state index in [1.807, 2.05) is 0 Å². The first-order valence-electron chi connectivity index (χ1n) is 5.48. The van der Waals surface area contributed by atoms with Crippen molar-refractivity contribution in [1.82, 2.24) is 4.98 Å². The smallest absolute Gasteiger partial charge is 0.356 e. The Balaban J connectivity index is 2.93. The second-order valence-corrected chi connectivity index (χ2v) is 4.29. The van der Waals surface area contributed by atoms with Crippen LogP contribution in [0, 0.1) is 6.92 Å². The highest BCUT2D eigenvalue weighted by Gasteiger charge is 2.20. The van der Waals surface area contributed by atoms with Gasteiger partial charge in [-0.05, 0) is 25.0 Å². The van der Waals surface area contributed by atoms with Crippen LogP contribution in [0.25, 0.3) is 0 Å². The van der Waals surface area contributed by atoms with Gasteiger partial charge in [0.15, 0.2) is 5.69 Å². The van der Waals surface area contributed by atoms with E-state index in [1.165, 1.54) is 13.3 Å². The predicted molar refractivity (Wildman–Crippen MR) is 66.6 cm³/mol. The molecule has 18 heavy (non-hydrogen) atoms. The van der Waals surface area contributed by atoms with Crippen molar-refractivity contribution in [2.75, 3.05) is 13.0 Å². The molecule has 5 nitrogen and oxygen atoms in total. The highest BCUT2D eigenvalue weighted by atomic mass is 35.5. The Labute approximate surface area is 110 Å². The average Bonchev–Trinajstić information content (AvgIpc) is 2.37. The number of ether oxygens (including phenoxy) is 1. The van der Waals surface area contributed by atoms with Gasteiger partial charge >= 0.3 is 5.97 Å². The number of nitrogens with zero attached hydrogens (tertiary/aromatic N) is 1. The summed E-state index contributed by atoms with van der Waals surface area (Å²) in [5, 5.41) is 19.5. The molecular formula is C12H16ClNO4. The number of rotatable bonds is 5. The number of aliphatic hydroxyl groups excluding tert-OH is 2. The summed E-state index contributed by atoms with van der Waals surface area (Å²) in [6.45, 7) is 1.68. The Kier molecular flexibility index (Phi) is 5.53. The fourth-order valence-corrected chi connectivity index (χ4v) is 1.78. The van der Waals surface area contributed by atoms with E-state index in [4.69, 9.17) is 11.6 Å². The van der Waals surface area contributed by atoms with Gasteiger partial charge in [-0.2, -0.15) is 0 Å². The fourth-order valence-electron chi connectivity index (χ4n) is 1.56. The fraction of sp³-hybridized carbons (Fsp3) is 0.500. The normalized spacial score (nSPS) is 14.1. The zero-order chi connectivity index (χ0) is 13.7. The maximum absolute atomic E-state index is 11.3. The van der Waals surface area contributed by atoms with Crippen molar-refractivity contribution in [2.24, 2.45) is 0 Å². The summed E-state index contributed by atoms with van der Waals surface area (Å²) in [7, 11) is 1.27. The van der Waals surface area contributed by atoms with Crippen LogP contribution in [-0.2, 0) is 4.74 Å². The van der Waals surface area contributed by atoms with E-state index in [-0.39, 0.29) is 18.0 Å². The Morgan fingerprint density at radius 2 is 2.22 bits per heavy atom. The quantitative estimate of drug-likeness (QED) is 0.622. The number of aliphatic hydroxyl groups is 2. The van der Waals surface area contributed by atoms with Crippen LogP contribution in [0.15, 0.2) is 12.3 Å². The zero-order valence-corrected chi connectivity index (χ0v) is 11.0. The van der Waals surface area contributed by atoms with Crippen LogP contribution in [0.3, 0.4) is 0 Å². The van der Waals surface area contributed by atoms with Gasteiger partial charge in [-0.1, -0.05) is 0 Å². The molecule has 2 unspecified atom stereocenters. The number of hydrogen-bond donors (Lipinski definition) is 2. The van der Waals surface area contributed by atoms with Crippen LogP contribution in [0.2, 0.25) is 0 Å². The largest absolute Gasteiger partial charge is 0.464 e. The molecule has 6 heteroatoms. The summed E-state index contributed by atoms with van der Waals surface area (Å²) < 4.78 is 4.57. The minimum Gasteiger partial charge on any atom is -0.464 e. The van der Waals surface area contributed by atoms with Gasteiger partial charge in [0.05, 0.1) is 13.2 Å². The van der Waals surface area contributed by atoms with E-state index in [2.05, 4.69) is 9.72 Å². The Morgan fingerprint density at radius 3 is 2.72 bits per heavy atom. The molecule has 0 fully saturated rings. The van der Waals surface area contributed by atoms with E-state index in [1.54, 1.807) is 13.0 Å². The van der Waals surface area contributed by atoms with Gasteiger partial charge in [0, 0.05) is 17.6 Å². The van der Waals surface area contributed by atoms with Crippen LogP contribution >= 0.6 is 11.6 Å². The molecule has 0 radical (unpaired) electrons. The summed E-state index contributed by atoms with van der Waals surface area (Å²) in [6, 6.07) is 1.60. The number of alkyl halides is 1. The van der Waals surface area contributed by atoms with Crippen LogP contribution in [0.5, 0.6) is 0 Å². The molecule has 0 bridgehead atoms. The highest BCUT2D eigenvalue weighted by Crippen LogP contribution is 2.20. The lowest BCUT2D eigenvalue weighted by atomic mass is 10.0. The van der Waals surface area contributed by atoms with Gasteiger partial charge in [-0.3, -0.25) is 0 Å². The summed E-state index contributed by atoms with van der Waals surface area (Å²) >= 11 is 5.50. The van der Waals surface area contributed by atoms with Crippen molar-refractivity contribution >= 4 is 17.6 Å². The molecule has 0 saturated heterocycles. The molecule has 1 aromatic heterocycles. The zero-order valence-electron chi connectivity index (χ0n) is 10.3. The molecule has 2 atom stereocenters.